The number of nitrogens with zero attached hydrogens (tertiary/aromatic N) is 2. The highest BCUT2D eigenvalue weighted by Crippen LogP contribution is 2.58. The van der Waals surface area contributed by atoms with Crippen molar-refractivity contribution < 1.29 is 0 Å². The van der Waals surface area contributed by atoms with E-state index in [4.69, 9.17) is 9.97 Å². The molecule has 0 saturated heterocycles. The van der Waals surface area contributed by atoms with E-state index < -0.39 is 0 Å². The minimum atomic E-state index is 0.136. The number of fused-ring (bicyclic) bond motifs is 5. The Morgan fingerprint density at radius 3 is 1.54 bits per heavy atom. The van der Waals surface area contributed by atoms with Gasteiger partial charge in [0.1, 0.15) is 0 Å². The molecule has 230 valence electrons. The van der Waals surface area contributed by atoms with Crippen molar-refractivity contribution in [3.63, 3.8) is 0 Å². The Labute approximate surface area is 282 Å². The minimum Gasteiger partial charge on any atom is -0.228 e. The van der Waals surface area contributed by atoms with E-state index in [2.05, 4.69) is 133 Å². The van der Waals surface area contributed by atoms with Gasteiger partial charge >= 0.3 is 0 Å². The van der Waals surface area contributed by atoms with E-state index in [0.29, 0.717) is 0 Å². The average Bonchev–Trinajstić information content (AvgIpc) is 3.44. The molecule has 0 N–H and O–H groups in total. The minimum absolute atomic E-state index is 0.136. The van der Waals surface area contributed by atoms with Crippen LogP contribution in [0.1, 0.15) is 43.2 Å². The van der Waals surface area contributed by atoms with E-state index in [0.717, 1.165) is 33.9 Å². The van der Waals surface area contributed by atoms with Crippen LogP contribution in [0, 0.1) is 0 Å². The van der Waals surface area contributed by atoms with Crippen LogP contribution >= 0.6 is 0 Å². The summed E-state index contributed by atoms with van der Waals surface area (Å²) in [7, 11) is 0. The topological polar surface area (TPSA) is 25.8 Å². The van der Waals surface area contributed by atoms with Crippen LogP contribution < -0.4 is 0 Å². The summed E-state index contributed by atoms with van der Waals surface area (Å²) in [5.74, 6) is 0.733. The lowest BCUT2D eigenvalue weighted by Gasteiger charge is -2.37. The Kier molecular flexibility index (Phi) is 7.08. The Morgan fingerprint density at radius 2 is 0.875 bits per heavy atom. The summed E-state index contributed by atoms with van der Waals surface area (Å²) < 4.78 is 0. The van der Waals surface area contributed by atoms with Gasteiger partial charge in [-0.15, -0.1) is 0 Å². The second-order valence-electron chi connectivity index (χ2n) is 13.3. The Balaban J connectivity index is 1.05. The third-order valence-electron chi connectivity index (χ3n) is 10.5. The highest BCUT2D eigenvalue weighted by atomic mass is 14.9. The molecule has 6 aromatic carbocycles. The van der Waals surface area contributed by atoms with Crippen molar-refractivity contribution in [2.75, 3.05) is 0 Å². The summed E-state index contributed by atoms with van der Waals surface area (Å²) in [5, 5.41) is 0. The summed E-state index contributed by atoms with van der Waals surface area (Å²) in [4.78, 5) is 9.96. The van der Waals surface area contributed by atoms with E-state index >= 15 is 0 Å². The van der Waals surface area contributed by atoms with Crippen LogP contribution in [-0.4, -0.2) is 9.97 Å². The van der Waals surface area contributed by atoms with Crippen molar-refractivity contribution >= 4 is 0 Å². The molecule has 2 aliphatic rings. The smallest absolute Gasteiger partial charge is 0.160 e. The predicted octanol–water partition coefficient (Wildman–Crippen LogP) is 12.0. The zero-order chi connectivity index (χ0) is 31.9. The summed E-state index contributed by atoms with van der Waals surface area (Å²) in [6, 6.07) is 56.8. The van der Waals surface area contributed by atoms with E-state index in [1.807, 2.05) is 24.3 Å². The molecule has 1 fully saturated rings. The lowest BCUT2D eigenvalue weighted by Crippen LogP contribution is -2.28. The first-order valence-corrected chi connectivity index (χ1v) is 17.2. The Bertz CT molecular complexity index is 2170. The molecule has 1 aromatic heterocycles. The van der Waals surface area contributed by atoms with Gasteiger partial charge in [0, 0.05) is 22.1 Å². The third-order valence-corrected chi connectivity index (χ3v) is 10.5. The van der Waals surface area contributed by atoms with Crippen molar-refractivity contribution in [2.45, 2.75) is 37.5 Å². The fraction of sp³-hybridized carbons (Fsp3) is 0.130. The SMILES string of the molecule is c1ccc(-c2cc(-c3ccc(-c4ccc(-c5cccc6c5C5(CCCCC5)c5ccccc5-6)cc4)cc3)nc(-c3ccccc3)n2)cc1. The van der Waals surface area contributed by atoms with Crippen molar-refractivity contribution in [3.8, 4) is 67.3 Å². The molecule has 7 aromatic rings. The molecule has 0 bridgehead atoms. The highest BCUT2D eigenvalue weighted by Gasteiger charge is 2.45. The molecule has 1 saturated carbocycles. The molecular formula is C46H36N2. The quantitative estimate of drug-likeness (QED) is 0.192. The Morgan fingerprint density at radius 1 is 0.375 bits per heavy atom. The summed E-state index contributed by atoms with van der Waals surface area (Å²) in [5.41, 5.74) is 16.2. The van der Waals surface area contributed by atoms with Crippen LogP contribution in [0.3, 0.4) is 0 Å². The van der Waals surface area contributed by atoms with Crippen molar-refractivity contribution in [1.29, 1.82) is 0 Å². The van der Waals surface area contributed by atoms with Gasteiger partial charge in [0.25, 0.3) is 0 Å². The second kappa shape index (κ2) is 11.9. The standard InChI is InChI=1S/C46H36N2/c1-4-13-35(14-5-1)42-31-43(48-45(47-42)37-15-6-2-7-16-37)36-27-23-33(24-28-36)32-21-25-34(26-22-32)38-18-12-19-40-39-17-8-9-20-41(39)46(44(38)40)29-10-3-11-30-46/h1-2,4-9,12-28,31H,3,10-11,29-30H2. The fourth-order valence-electron chi connectivity index (χ4n) is 8.22. The molecule has 9 rings (SSSR count). The van der Waals surface area contributed by atoms with Gasteiger partial charge in [-0.2, -0.15) is 0 Å². The largest absolute Gasteiger partial charge is 0.228 e. The van der Waals surface area contributed by atoms with E-state index in [-0.39, 0.29) is 5.41 Å². The second-order valence-corrected chi connectivity index (χ2v) is 13.3. The van der Waals surface area contributed by atoms with Gasteiger partial charge in [0.05, 0.1) is 11.4 Å². The molecule has 0 aliphatic heterocycles. The van der Waals surface area contributed by atoms with Gasteiger partial charge in [-0.3, -0.25) is 0 Å². The lowest BCUT2D eigenvalue weighted by molar-refractivity contribution is 0.353. The zero-order valence-corrected chi connectivity index (χ0v) is 26.9. The van der Waals surface area contributed by atoms with Gasteiger partial charge < -0.3 is 0 Å². The summed E-state index contributed by atoms with van der Waals surface area (Å²) in [6.07, 6.45) is 6.42. The molecule has 2 nitrogen and oxygen atoms in total. The highest BCUT2D eigenvalue weighted by molar-refractivity contribution is 5.89. The van der Waals surface area contributed by atoms with Crippen molar-refractivity contribution in [1.82, 2.24) is 9.97 Å². The van der Waals surface area contributed by atoms with Crippen LogP contribution in [0.15, 0.2) is 158 Å². The van der Waals surface area contributed by atoms with Gasteiger partial charge in [-0.25, -0.2) is 9.97 Å². The zero-order valence-electron chi connectivity index (χ0n) is 26.9. The average molecular weight is 617 g/mol. The molecule has 0 atom stereocenters. The maximum Gasteiger partial charge on any atom is 0.160 e. The number of benzene rings is 6. The normalized spacial score (nSPS) is 14.4. The fourth-order valence-corrected chi connectivity index (χ4v) is 8.22. The third kappa shape index (κ3) is 4.88. The first-order valence-electron chi connectivity index (χ1n) is 17.2. The van der Waals surface area contributed by atoms with Gasteiger partial charge in [-0.05, 0) is 63.4 Å². The van der Waals surface area contributed by atoms with E-state index in [1.165, 1.54) is 65.5 Å². The first-order chi connectivity index (χ1) is 23.8. The van der Waals surface area contributed by atoms with E-state index in [9.17, 15) is 0 Å². The molecule has 0 unspecified atom stereocenters. The molecule has 2 heteroatoms. The Hall–Kier alpha value is -5.60. The molecule has 48 heavy (non-hydrogen) atoms. The monoisotopic (exact) mass is 616 g/mol. The summed E-state index contributed by atoms with van der Waals surface area (Å²) in [6.45, 7) is 0. The van der Waals surface area contributed by atoms with Gasteiger partial charge in [0.2, 0.25) is 0 Å². The van der Waals surface area contributed by atoms with Crippen LogP contribution in [0.2, 0.25) is 0 Å². The number of hydrogen-bond acceptors (Lipinski definition) is 2. The number of rotatable bonds is 5. The molecular weight excluding hydrogens is 581 g/mol. The van der Waals surface area contributed by atoms with Crippen LogP contribution in [0.5, 0.6) is 0 Å². The molecule has 1 spiro atoms. The lowest BCUT2D eigenvalue weighted by atomic mass is 9.66. The summed E-state index contributed by atoms with van der Waals surface area (Å²) >= 11 is 0. The van der Waals surface area contributed by atoms with Crippen molar-refractivity contribution in [2.24, 2.45) is 0 Å². The molecule has 0 radical (unpaired) electrons. The maximum atomic E-state index is 5.02. The number of hydrogen-bond donors (Lipinski definition) is 0. The first kappa shape index (κ1) is 28.6. The van der Waals surface area contributed by atoms with Crippen LogP contribution in [0.4, 0.5) is 0 Å². The maximum absolute atomic E-state index is 5.02. The predicted molar refractivity (Wildman–Crippen MR) is 199 cm³/mol. The molecule has 1 heterocycles. The van der Waals surface area contributed by atoms with Crippen LogP contribution in [0.25, 0.3) is 67.3 Å². The van der Waals surface area contributed by atoms with Crippen molar-refractivity contribution in [3.05, 3.63) is 169 Å². The number of aromatic nitrogens is 2. The van der Waals surface area contributed by atoms with Gasteiger partial charge in [0.15, 0.2) is 5.82 Å². The van der Waals surface area contributed by atoms with Gasteiger partial charge in [-0.1, -0.05) is 171 Å². The molecule has 0 amide bonds. The molecule has 2 aliphatic carbocycles. The van der Waals surface area contributed by atoms with E-state index in [1.54, 1.807) is 11.1 Å². The van der Waals surface area contributed by atoms with Crippen LogP contribution in [-0.2, 0) is 5.41 Å².